The zero-order chi connectivity index (χ0) is 35.8. The number of benzene rings is 9. The fourth-order valence-electron chi connectivity index (χ4n) is 7.97. The van der Waals surface area contributed by atoms with E-state index in [2.05, 4.69) is 205 Å². The molecular formula is C52H35NO. The maximum Gasteiger partial charge on any atom is 0.143 e. The average Bonchev–Trinajstić information content (AvgIpc) is 3.63. The first kappa shape index (κ1) is 31.6. The molecule has 54 heavy (non-hydrogen) atoms. The first-order valence-electron chi connectivity index (χ1n) is 18.4. The molecule has 10 rings (SSSR count). The van der Waals surface area contributed by atoms with Crippen LogP contribution in [0.15, 0.2) is 217 Å². The summed E-state index contributed by atoms with van der Waals surface area (Å²) in [5.41, 5.74) is 14.2. The van der Waals surface area contributed by atoms with Gasteiger partial charge in [-0.1, -0.05) is 176 Å². The van der Waals surface area contributed by atoms with Crippen LogP contribution < -0.4 is 4.90 Å². The lowest BCUT2D eigenvalue weighted by Crippen LogP contribution is -2.12. The Labute approximate surface area is 314 Å². The number of furan rings is 1. The molecule has 254 valence electrons. The SMILES string of the molecule is c1ccc(-c2ccccc2-c2c(-c3ccccc3)cccc2N(c2cccc(-c3cccc4c3oc3ccccc34)c2)c2ccc3ccccc3c2)cc1. The summed E-state index contributed by atoms with van der Waals surface area (Å²) in [4.78, 5) is 2.43. The number of nitrogens with zero attached hydrogens (tertiary/aromatic N) is 1. The van der Waals surface area contributed by atoms with E-state index in [1.54, 1.807) is 0 Å². The molecule has 10 aromatic rings. The molecule has 0 aliphatic heterocycles. The fraction of sp³-hybridized carbons (Fsp3) is 0. The van der Waals surface area contributed by atoms with E-state index in [4.69, 9.17) is 4.42 Å². The summed E-state index contributed by atoms with van der Waals surface area (Å²) in [6.07, 6.45) is 0. The van der Waals surface area contributed by atoms with Crippen LogP contribution in [-0.4, -0.2) is 0 Å². The lowest BCUT2D eigenvalue weighted by Gasteiger charge is -2.30. The quantitative estimate of drug-likeness (QED) is 0.166. The van der Waals surface area contributed by atoms with E-state index < -0.39 is 0 Å². The largest absolute Gasteiger partial charge is 0.455 e. The first-order chi connectivity index (χ1) is 26.8. The summed E-state index contributed by atoms with van der Waals surface area (Å²) in [5.74, 6) is 0. The fourth-order valence-corrected chi connectivity index (χ4v) is 7.97. The van der Waals surface area contributed by atoms with Crippen LogP contribution in [0.2, 0.25) is 0 Å². The summed E-state index contributed by atoms with van der Waals surface area (Å²) >= 11 is 0. The summed E-state index contributed by atoms with van der Waals surface area (Å²) < 4.78 is 6.54. The molecule has 0 bridgehead atoms. The van der Waals surface area contributed by atoms with Crippen LogP contribution in [0.1, 0.15) is 0 Å². The summed E-state index contributed by atoms with van der Waals surface area (Å²) in [6, 6.07) is 76.0. The third kappa shape index (κ3) is 5.53. The van der Waals surface area contributed by atoms with Gasteiger partial charge in [0.1, 0.15) is 11.2 Å². The minimum Gasteiger partial charge on any atom is -0.455 e. The van der Waals surface area contributed by atoms with Gasteiger partial charge in [-0.3, -0.25) is 0 Å². The summed E-state index contributed by atoms with van der Waals surface area (Å²) in [6.45, 7) is 0. The molecular weight excluding hydrogens is 655 g/mol. The number of hydrogen-bond donors (Lipinski definition) is 0. The lowest BCUT2D eigenvalue weighted by molar-refractivity contribution is 0.670. The van der Waals surface area contributed by atoms with Crippen molar-refractivity contribution in [1.29, 1.82) is 0 Å². The minimum atomic E-state index is 0.897. The summed E-state index contributed by atoms with van der Waals surface area (Å²) in [7, 11) is 0. The molecule has 0 spiro atoms. The monoisotopic (exact) mass is 689 g/mol. The molecule has 1 aromatic heterocycles. The van der Waals surface area contributed by atoms with Crippen molar-refractivity contribution in [3.63, 3.8) is 0 Å². The molecule has 0 saturated heterocycles. The predicted molar refractivity (Wildman–Crippen MR) is 228 cm³/mol. The standard InChI is InChI=1S/C52H35NO/c1-3-17-37(18-4-1)43-24-9-10-26-47(43)51-44(38-19-5-2-6-20-38)27-15-30-49(51)53(42-33-32-36-16-7-8-21-39(36)34-42)41-23-13-22-40(35-41)45-28-14-29-48-46-25-11-12-31-50(46)54-52(45)48/h1-35H. The lowest BCUT2D eigenvalue weighted by atomic mass is 9.87. The van der Waals surface area contributed by atoms with Gasteiger partial charge in [-0.05, 0) is 80.6 Å². The molecule has 0 aliphatic rings. The van der Waals surface area contributed by atoms with Crippen LogP contribution in [0, 0.1) is 0 Å². The van der Waals surface area contributed by atoms with Crippen LogP contribution in [0.5, 0.6) is 0 Å². The van der Waals surface area contributed by atoms with Crippen LogP contribution in [-0.2, 0) is 0 Å². The molecule has 2 nitrogen and oxygen atoms in total. The number of anilines is 3. The third-order valence-corrected chi connectivity index (χ3v) is 10.5. The molecule has 0 unspecified atom stereocenters. The molecule has 0 radical (unpaired) electrons. The van der Waals surface area contributed by atoms with Gasteiger partial charge in [-0.15, -0.1) is 0 Å². The van der Waals surface area contributed by atoms with Gasteiger partial charge >= 0.3 is 0 Å². The van der Waals surface area contributed by atoms with Crippen LogP contribution in [0.3, 0.4) is 0 Å². The molecule has 0 fully saturated rings. The van der Waals surface area contributed by atoms with Crippen LogP contribution in [0.25, 0.3) is 77.2 Å². The topological polar surface area (TPSA) is 16.4 Å². The molecule has 0 amide bonds. The van der Waals surface area contributed by atoms with E-state index in [0.717, 1.165) is 50.1 Å². The van der Waals surface area contributed by atoms with Crippen molar-refractivity contribution < 1.29 is 4.42 Å². The van der Waals surface area contributed by atoms with E-state index in [0.29, 0.717) is 0 Å². The Kier molecular flexibility index (Phi) is 7.85. The smallest absolute Gasteiger partial charge is 0.143 e. The molecule has 0 N–H and O–H groups in total. The van der Waals surface area contributed by atoms with Crippen molar-refractivity contribution in [3.05, 3.63) is 212 Å². The number of rotatable bonds is 7. The Balaban J connectivity index is 1.26. The number of hydrogen-bond acceptors (Lipinski definition) is 2. The summed E-state index contributed by atoms with van der Waals surface area (Å²) in [5, 5.41) is 4.64. The van der Waals surface area contributed by atoms with Crippen molar-refractivity contribution in [3.8, 4) is 44.5 Å². The van der Waals surface area contributed by atoms with E-state index in [1.165, 1.54) is 44.2 Å². The highest BCUT2D eigenvalue weighted by atomic mass is 16.3. The molecule has 0 aliphatic carbocycles. The number of fused-ring (bicyclic) bond motifs is 4. The van der Waals surface area contributed by atoms with E-state index in [-0.39, 0.29) is 0 Å². The maximum absolute atomic E-state index is 6.54. The molecule has 9 aromatic carbocycles. The Bertz CT molecular complexity index is 2940. The van der Waals surface area contributed by atoms with Crippen molar-refractivity contribution in [2.24, 2.45) is 0 Å². The second kappa shape index (κ2) is 13.4. The number of para-hydroxylation sites is 2. The van der Waals surface area contributed by atoms with Crippen molar-refractivity contribution in [1.82, 2.24) is 0 Å². The van der Waals surface area contributed by atoms with Gasteiger partial charge in [0.05, 0.1) is 5.69 Å². The predicted octanol–water partition coefficient (Wildman–Crippen LogP) is 14.9. The normalized spacial score (nSPS) is 11.3. The highest BCUT2D eigenvalue weighted by Crippen LogP contribution is 2.49. The highest BCUT2D eigenvalue weighted by molar-refractivity contribution is 6.10. The van der Waals surface area contributed by atoms with E-state index in [9.17, 15) is 0 Å². The molecule has 0 atom stereocenters. The highest BCUT2D eigenvalue weighted by Gasteiger charge is 2.23. The Morgan fingerprint density at radius 3 is 1.74 bits per heavy atom. The van der Waals surface area contributed by atoms with Crippen molar-refractivity contribution >= 4 is 49.8 Å². The zero-order valence-electron chi connectivity index (χ0n) is 29.6. The van der Waals surface area contributed by atoms with E-state index >= 15 is 0 Å². The molecule has 0 saturated carbocycles. The van der Waals surface area contributed by atoms with Crippen molar-refractivity contribution in [2.75, 3.05) is 4.90 Å². The minimum absolute atomic E-state index is 0.897. The van der Waals surface area contributed by atoms with Gasteiger partial charge in [0.2, 0.25) is 0 Å². The third-order valence-electron chi connectivity index (χ3n) is 10.5. The Hall–Kier alpha value is -7.16. The Morgan fingerprint density at radius 2 is 0.907 bits per heavy atom. The Morgan fingerprint density at radius 1 is 0.333 bits per heavy atom. The van der Waals surface area contributed by atoms with Gasteiger partial charge in [0.25, 0.3) is 0 Å². The molecule has 2 heteroatoms. The first-order valence-corrected chi connectivity index (χ1v) is 18.4. The van der Waals surface area contributed by atoms with Gasteiger partial charge in [0, 0.05) is 33.3 Å². The molecule has 1 heterocycles. The second-order valence-corrected chi connectivity index (χ2v) is 13.7. The average molecular weight is 690 g/mol. The van der Waals surface area contributed by atoms with Crippen LogP contribution >= 0.6 is 0 Å². The van der Waals surface area contributed by atoms with Crippen LogP contribution in [0.4, 0.5) is 17.1 Å². The van der Waals surface area contributed by atoms with Gasteiger partial charge in [-0.2, -0.15) is 0 Å². The second-order valence-electron chi connectivity index (χ2n) is 13.7. The van der Waals surface area contributed by atoms with E-state index in [1.807, 2.05) is 12.1 Å². The van der Waals surface area contributed by atoms with Gasteiger partial charge < -0.3 is 9.32 Å². The van der Waals surface area contributed by atoms with Gasteiger partial charge in [-0.25, -0.2) is 0 Å². The maximum atomic E-state index is 6.54. The van der Waals surface area contributed by atoms with Gasteiger partial charge in [0.15, 0.2) is 0 Å². The van der Waals surface area contributed by atoms with Crippen molar-refractivity contribution in [2.45, 2.75) is 0 Å². The zero-order valence-corrected chi connectivity index (χ0v) is 29.6.